The number of carbonyl (C=O) groups excluding carboxylic acids is 2. The lowest BCUT2D eigenvalue weighted by Crippen LogP contribution is -2.63. The van der Waals surface area contributed by atoms with Crippen molar-refractivity contribution in [2.45, 2.75) is 12.8 Å². The first-order chi connectivity index (χ1) is 9.08. The molecule has 0 atom stereocenters. The number of rotatable bonds is 3. The number of piperidine rings is 3. The average Bonchev–Trinajstić information content (AvgIpc) is 2.40. The van der Waals surface area contributed by atoms with E-state index in [0.717, 1.165) is 36.0 Å². The Morgan fingerprint density at radius 3 is 2.42 bits per heavy atom. The maximum atomic E-state index is 12.4. The van der Waals surface area contributed by atoms with E-state index in [0.29, 0.717) is 23.4 Å². The standard InChI is InChI=1S/C15H17BrNO2/c16-13-3-1-11(2-4-13)14(18)9-17-7-5-12(6-8-17)15(19)10-17/h1-4,12H,5-10H2/q+1. The van der Waals surface area contributed by atoms with E-state index in [2.05, 4.69) is 15.9 Å². The van der Waals surface area contributed by atoms with Crippen LogP contribution >= 0.6 is 15.9 Å². The zero-order valence-electron chi connectivity index (χ0n) is 10.8. The predicted octanol–water partition coefficient (Wildman–Crippen LogP) is 2.44. The van der Waals surface area contributed by atoms with Gasteiger partial charge < -0.3 is 4.48 Å². The Morgan fingerprint density at radius 1 is 1.21 bits per heavy atom. The van der Waals surface area contributed by atoms with Crippen molar-refractivity contribution in [2.75, 3.05) is 26.2 Å². The van der Waals surface area contributed by atoms with Crippen molar-refractivity contribution in [2.24, 2.45) is 5.92 Å². The first-order valence-corrected chi connectivity index (χ1v) is 7.54. The van der Waals surface area contributed by atoms with Gasteiger partial charge in [-0.2, -0.15) is 0 Å². The number of fused-ring (bicyclic) bond motifs is 3. The van der Waals surface area contributed by atoms with Crippen molar-refractivity contribution >= 4 is 27.5 Å². The molecular weight excluding hydrogens is 306 g/mol. The third kappa shape index (κ3) is 2.51. The van der Waals surface area contributed by atoms with Crippen LogP contribution < -0.4 is 0 Å². The molecule has 0 aliphatic carbocycles. The molecule has 0 radical (unpaired) electrons. The van der Waals surface area contributed by atoms with Gasteiger partial charge in [0.05, 0.1) is 13.1 Å². The van der Waals surface area contributed by atoms with E-state index in [1.807, 2.05) is 24.3 Å². The second kappa shape index (κ2) is 4.84. The average molecular weight is 323 g/mol. The highest BCUT2D eigenvalue weighted by Gasteiger charge is 2.45. The molecule has 0 unspecified atom stereocenters. The van der Waals surface area contributed by atoms with Crippen LogP contribution in [0, 0.1) is 5.92 Å². The molecule has 0 aromatic heterocycles. The van der Waals surface area contributed by atoms with Gasteiger partial charge in [0.15, 0.2) is 5.78 Å². The number of ketones is 2. The van der Waals surface area contributed by atoms with Crippen LogP contribution in [-0.4, -0.2) is 42.2 Å². The van der Waals surface area contributed by atoms with Crippen molar-refractivity contribution < 1.29 is 14.1 Å². The molecule has 2 bridgehead atoms. The number of quaternary nitrogens is 1. The molecule has 3 aliphatic heterocycles. The minimum absolute atomic E-state index is 0.153. The number of nitrogens with zero attached hydrogens (tertiary/aromatic N) is 1. The summed E-state index contributed by atoms with van der Waals surface area (Å²) in [5.74, 6) is 0.796. The predicted molar refractivity (Wildman–Crippen MR) is 75.9 cm³/mol. The van der Waals surface area contributed by atoms with Crippen LogP contribution in [0.4, 0.5) is 0 Å². The molecule has 0 saturated carbocycles. The van der Waals surface area contributed by atoms with Crippen LogP contribution in [0.2, 0.25) is 0 Å². The number of hydrogen-bond acceptors (Lipinski definition) is 2. The smallest absolute Gasteiger partial charge is 0.216 e. The van der Waals surface area contributed by atoms with Crippen LogP contribution in [0.25, 0.3) is 0 Å². The molecule has 4 heteroatoms. The summed E-state index contributed by atoms with van der Waals surface area (Å²) in [4.78, 5) is 24.3. The van der Waals surface area contributed by atoms with E-state index < -0.39 is 0 Å². The molecule has 3 fully saturated rings. The van der Waals surface area contributed by atoms with Crippen molar-refractivity contribution in [3.05, 3.63) is 34.3 Å². The van der Waals surface area contributed by atoms with E-state index in [9.17, 15) is 9.59 Å². The molecule has 3 aliphatic rings. The van der Waals surface area contributed by atoms with Gasteiger partial charge in [-0.1, -0.05) is 28.1 Å². The third-order valence-electron chi connectivity index (χ3n) is 4.50. The maximum Gasteiger partial charge on any atom is 0.216 e. The SMILES string of the molecule is O=C(C[N+]12CCC(CC1)C(=O)C2)c1ccc(Br)cc1. The molecule has 3 nitrogen and oxygen atoms in total. The fourth-order valence-electron chi connectivity index (χ4n) is 3.30. The summed E-state index contributed by atoms with van der Waals surface area (Å²) in [5.41, 5.74) is 0.746. The maximum absolute atomic E-state index is 12.4. The largest absolute Gasteiger partial charge is 0.311 e. The van der Waals surface area contributed by atoms with Gasteiger partial charge in [0.2, 0.25) is 5.78 Å². The van der Waals surface area contributed by atoms with Crippen LogP contribution in [0.3, 0.4) is 0 Å². The minimum Gasteiger partial charge on any atom is -0.311 e. The van der Waals surface area contributed by atoms with Gasteiger partial charge in [-0.15, -0.1) is 0 Å². The summed E-state index contributed by atoms with van der Waals surface area (Å²) in [6.45, 7) is 3.00. The summed E-state index contributed by atoms with van der Waals surface area (Å²) in [5, 5.41) is 0. The van der Waals surface area contributed by atoms with E-state index in [1.54, 1.807) is 0 Å². The van der Waals surface area contributed by atoms with Crippen LogP contribution in [0.1, 0.15) is 23.2 Å². The van der Waals surface area contributed by atoms with Gasteiger partial charge in [0.25, 0.3) is 0 Å². The number of carbonyl (C=O) groups is 2. The van der Waals surface area contributed by atoms with Crippen LogP contribution in [-0.2, 0) is 4.79 Å². The van der Waals surface area contributed by atoms with E-state index >= 15 is 0 Å². The molecular formula is C15H17BrNO2+. The first kappa shape index (κ1) is 13.0. The zero-order valence-corrected chi connectivity index (χ0v) is 12.4. The normalized spacial score (nSPS) is 29.5. The quantitative estimate of drug-likeness (QED) is 0.632. The van der Waals surface area contributed by atoms with Gasteiger partial charge in [-0.3, -0.25) is 9.59 Å². The lowest BCUT2D eigenvalue weighted by atomic mass is 9.84. The van der Waals surface area contributed by atoms with Crippen LogP contribution in [0.15, 0.2) is 28.7 Å². The Hall–Kier alpha value is -1.000. The van der Waals surface area contributed by atoms with Crippen molar-refractivity contribution in [3.63, 3.8) is 0 Å². The molecule has 0 N–H and O–H groups in total. The van der Waals surface area contributed by atoms with Gasteiger partial charge in [-0.25, -0.2) is 0 Å². The summed E-state index contributed by atoms with van der Waals surface area (Å²) in [6.07, 6.45) is 1.93. The summed E-state index contributed by atoms with van der Waals surface area (Å²) in [7, 11) is 0. The Labute approximate surface area is 121 Å². The van der Waals surface area contributed by atoms with Crippen molar-refractivity contribution in [3.8, 4) is 0 Å². The number of benzene rings is 1. The minimum atomic E-state index is 0.153. The summed E-state index contributed by atoms with van der Waals surface area (Å²) < 4.78 is 1.66. The fraction of sp³-hybridized carbons (Fsp3) is 0.467. The second-order valence-corrected chi connectivity index (χ2v) is 6.69. The second-order valence-electron chi connectivity index (χ2n) is 5.78. The highest BCUT2D eigenvalue weighted by atomic mass is 79.9. The summed E-state index contributed by atoms with van der Waals surface area (Å²) in [6, 6.07) is 7.48. The molecule has 1 aromatic rings. The van der Waals surface area contributed by atoms with Gasteiger partial charge in [-0.05, 0) is 12.1 Å². The van der Waals surface area contributed by atoms with Gasteiger partial charge >= 0.3 is 0 Å². The Bertz CT molecular complexity index is 515. The lowest BCUT2D eigenvalue weighted by molar-refractivity contribution is -0.923. The number of Topliss-reactive ketones (excluding diaryl/α,β-unsaturated/α-hetero) is 2. The molecule has 100 valence electrons. The van der Waals surface area contributed by atoms with E-state index in [1.165, 1.54) is 0 Å². The Kier molecular flexibility index (Phi) is 3.31. The molecule has 19 heavy (non-hydrogen) atoms. The Balaban J connectivity index is 1.75. The van der Waals surface area contributed by atoms with Gasteiger partial charge in [0.1, 0.15) is 13.1 Å². The first-order valence-electron chi connectivity index (χ1n) is 6.75. The molecule has 0 spiro atoms. The third-order valence-corrected chi connectivity index (χ3v) is 5.02. The number of hydrogen-bond donors (Lipinski definition) is 0. The number of halogens is 1. The van der Waals surface area contributed by atoms with Gasteiger partial charge in [0, 0.05) is 28.8 Å². The molecule has 4 rings (SSSR count). The topological polar surface area (TPSA) is 34.1 Å². The molecule has 3 saturated heterocycles. The van der Waals surface area contributed by atoms with E-state index in [4.69, 9.17) is 0 Å². The van der Waals surface area contributed by atoms with Crippen molar-refractivity contribution in [1.82, 2.24) is 0 Å². The highest BCUT2D eigenvalue weighted by molar-refractivity contribution is 9.10. The molecule has 1 aromatic carbocycles. The summed E-state index contributed by atoms with van der Waals surface area (Å²) >= 11 is 3.37. The highest BCUT2D eigenvalue weighted by Crippen LogP contribution is 2.31. The fourth-order valence-corrected chi connectivity index (χ4v) is 3.57. The molecule has 3 heterocycles. The zero-order chi connectivity index (χ0) is 13.5. The monoisotopic (exact) mass is 322 g/mol. The Morgan fingerprint density at radius 2 is 1.84 bits per heavy atom. The van der Waals surface area contributed by atoms with E-state index in [-0.39, 0.29) is 11.7 Å². The molecule has 0 amide bonds. The lowest BCUT2D eigenvalue weighted by Gasteiger charge is -2.47. The van der Waals surface area contributed by atoms with Crippen molar-refractivity contribution in [1.29, 1.82) is 0 Å². The van der Waals surface area contributed by atoms with Crippen LogP contribution in [0.5, 0.6) is 0 Å².